The highest BCUT2D eigenvalue weighted by Gasteiger charge is 2.21. The fourth-order valence-corrected chi connectivity index (χ4v) is 3.41. The van der Waals surface area contributed by atoms with Gasteiger partial charge >= 0.3 is 0 Å². The molecule has 2 aromatic rings. The number of hydrogen-bond acceptors (Lipinski definition) is 4. The van der Waals surface area contributed by atoms with Gasteiger partial charge in [0.2, 0.25) is 5.91 Å². The molecular formula is C22H29N3O2. The van der Waals surface area contributed by atoms with Crippen LogP contribution in [0.1, 0.15) is 11.1 Å². The van der Waals surface area contributed by atoms with E-state index >= 15 is 0 Å². The molecule has 27 heavy (non-hydrogen) atoms. The van der Waals surface area contributed by atoms with Crippen molar-refractivity contribution in [3.05, 3.63) is 59.7 Å². The first-order valence-corrected chi connectivity index (χ1v) is 9.46. The van der Waals surface area contributed by atoms with Crippen LogP contribution in [0.15, 0.2) is 48.5 Å². The second-order valence-electron chi connectivity index (χ2n) is 7.14. The summed E-state index contributed by atoms with van der Waals surface area (Å²) in [5.74, 6) is 1.05. The number of piperazine rings is 1. The third-order valence-corrected chi connectivity index (χ3v) is 5.24. The van der Waals surface area contributed by atoms with Gasteiger partial charge in [0.15, 0.2) is 0 Å². The smallest absolute Gasteiger partial charge is 0.236 e. The zero-order chi connectivity index (χ0) is 19.2. The van der Waals surface area contributed by atoms with Gasteiger partial charge in [-0.1, -0.05) is 30.3 Å². The molecular weight excluding hydrogens is 338 g/mol. The highest BCUT2D eigenvalue weighted by molar-refractivity contribution is 5.78. The molecule has 5 nitrogen and oxygen atoms in total. The summed E-state index contributed by atoms with van der Waals surface area (Å²) in [5, 5.41) is 0. The van der Waals surface area contributed by atoms with Gasteiger partial charge in [0.25, 0.3) is 0 Å². The zero-order valence-electron chi connectivity index (χ0n) is 16.5. The van der Waals surface area contributed by atoms with Crippen molar-refractivity contribution < 1.29 is 9.53 Å². The maximum absolute atomic E-state index is 12.6. The monoisotopic (exact) mass is 367 g/mol. The minimum absolute atomic E-state index is 0.174. The van der Waals surface area contributed by atoms with E-state index in [1.807, 2.05) is 36.2 Å². The standard InChI is InChI=1S/C22H29N3O2/c1-18-7-4-5-8-19(18)16-23(2)22(26)17-24-11-13-25(14-12-24)20-9-6-10-21(15-20)27-3/h4-10,15H,11-14,16-17H2,1-3H3. The lowest BCUT2D eigenvalue weighted by Gasteiger charge is -2.36. The Morgan fingerprint density at radius 2 is 1.81 bits per heavy atom. The highest BCUT2D eigenvalue weighted by atomic mass is 16.5. The quantitative estimate of drug-likeness (QED) is 0.787. The van der Waals surface area contributed by atoms with Crippen LogP contribution in [0.5, 0.6) is 5.75 Å². The van der Waals surface area contributed by atoms with E-state index in [9.17, 15) is 4.79 Å². The number of carbonyl (C=O) groups excluding carboxylic acids is 1. The Hall–Kier alpha value is -2.53. The van der Waals surface area contributed by atoms with E-state index in [1.54, 1.807) is 7.11 Å². The molecule has 0 aliphatic carbocycles. The molecule has 1 saturated heterocycles. The fourth-order valence-electron chi connectivity index (χ4n) is 3.41. The van der Waals surface area contributed by atoms with Crippen LogP contribution >= 0.6 is 0 Å². The van der Waals surface area contributed by atoms with Crippen molar-refractivity contribution >= 4 is 11.6 Å². The molecule has 3 rings (SSSR count). The van der Waals surface area contributed by atoms with Crippen LogP contribution in [-0.4, -0.2) is 62.6 Å². The molecule has 1 heterocycles. The maximum atomic E-state index is 12.6. The number of methoxy groups -OCH3 is 1. The van der Waals surface area contributed by atoms with Crippen LogP contribution in [0.4, 0.5) is 5.69 Å². The first-order valence-electron chi connectivity index (χ1n) is 9.46. The van der Waals surface area contributed by atoms with Gasteiger partial charge < -0.3 is 14.5 Å². The molecule has 1 fully saturated rings. The van der Waals surface area contributed by atoms with Crippen molar-refractivity contribution in [2.45, 2.75) is 13.5 Å². The average molecular weight is 367 g/mol. The van der Waals surface area contributed by atoms with E-state index < -0.39 is 0 Å². The molecule has 0 spiro atoms. The van der Waals surface area contributed by atoms with Crippen molar-refractivity contribution in [1.82, 2.24) is 9.80 Å². The van der Waals surface area contributed by atoms with Crippen molar-refractivity contribution in [3.63, 3.8) is 0 Å². The van der Waals surface area contributed by atoms with Crippen LogP contribution in [0.3, 0.4) is 0 Å². The number of amides is 1. The highest BCUT2D eigenvalue weighted by Crippen LogP contribution is 2.22. The predicted molar refractivity (Wildman–Crippen MR) is 109 cm³/mol. The SMILES string of the molecule is COc1cccc(N2CCN(CC(=O)N(C)Cc3ccccc3C)CC2)c1. The number of likely N-dealkylation sites (N-methyl/N-ethyl adjacent to an activating group) is 1. The van der Waals surface area contributed by atoms with Crippen LogP contribution in [0, 0.1) is 6.92 Å². The molecule has 0 N–H and O–H groups in total. The van der Waals surface area contributed by atoms with Crippen LogP contribution in [0.25, 0.3) is 0 Å². The Balaban J connectivity index is 1.49. The van der Waals surface area contributed by atoms with Gasteiger partial charge in [-0.3, -0.25) is 9.69 Å². The predicted octanol–water partition coefficient (Wildman–Crippen LogP) is 2.78. The van der Waals surface area contributed by atoms with Crippen LogP contribution in [0.2, 0.25) is 0 Å². The molecule has 0 saturated carbocycles. The minimum atomic E-state index is 0.174. The molecule has 144 valence electrons. The van der Waals surface area contributed by atoms with Gasteiger partial charge in [-0.05, 0) is 30.2 Å². The molecule has 0 aromatic heterocycles. The number of anilines is 1. The first kappa shape index (κ1) is 19.2. The summed E-state index contributed by atoms with van der Waals surface area (Å²) in [6.07, 6.45) is 0. The number of benzene rings is 2. The molecule has 0 radical (unpaired) electrons. The van der Waals surface area contributed by atoms with Gasteiger partial charge in [0.1, 0.15) is 5.75 Å². The number of nitrogens with zero attached hydrogens (tertiary/aromatic N) is 3. The number of carbonyl (C=O) groups is 1. The lowest BCUT2D eigenvalue weighted by atomic mass is 10.1. The van der Waals surface area contributed by atoms with Crippen LogP contribution < -0.4 is 9.64 Å². The van der Waals surface area contributed by atoms with Gasteiger partial charge in [-0.15, -0.1) is 0 Å². The average Bonchev–Trinajstić information content (AvgIpc) is 2.70. The van der Waals surface area contributed by atoms with E-state index in [-0.39, 0.29) is 5.91 Å². The van der Waals surface area contributed by atoms with Crippen molar-refractivity contribution in [1.29, 1.82) is 0 Å². The molecule has 2 aromatic carbocycles. The molecule has 0 unspecified atom stereocenters. The maximum Gasteiger partial charge on any atom is 0.236 e. The second kappa shape index (κ2) is 8.91. The Kier molecular flexibility index (Phi) is 6.35. The molecule has 1 amide bonds. The third kappa shape index (κ3) is 5.01. The number of rotatable bonds is 6. The van der Waals surface area contributed by atoms with Gasteiger partial charge in [0.05, 0.1) is 13.7 Å². The minimum Gasteiger partial charge on any atom is -0.497 e. The largest absolute Gasteiger partial charge is 0.497 e. The summed E-state index contributed by atoms with van der Waals surface area (Å²) in [6, 6.07) is 16.4. The zero-order valence-corrected chi connectivity index (χ0v) is 16.5. The number of hydrogen-bond donors (Lipinski definition) is 0. The molecule has 1 aliphatic heterocycles. The summed E-state index contributed by atoms with van der Waals surface area (Å²) in [4.78, 5) is 19.0. The van der Waals surface area contributed by atoms with E-state index in [1.165, 1.54) is 16.8 Å². The van der Waals surface area contributed by atoms with Gasteiger partial charge in [-0.25, -0.2) is 0 Å². The third-order valence-electron chi connectivity index (χ3n) is 5.24. The van der Waals surface area contributed by atoms with Crippen molar-refractivity contribution in [2.24, 2.45) is 0 Å². The summed E-state index contributed by atoms with van der Waals surface area (Å²) >= 11 is 0. The Morgan fingerprint density at radius 3 is 2.52 bits per heavy atom. The second-order valence-corrected chi connectivity index (χ2v) is 7.14. The first-order chi connectivity index (χ1) is 13.1. The molecule has 5 heteroatoms. The van der Waals surface area contributed by atoms with Gasteiger partial charge in [0, 0.05) is 51.5 Å². The van der Waals surface area contributed by atoms with Gasteiger partial charge in [-0.2, -0.15) is 0 Å². The number of ether oxygens (including phenoxy) is 1. The van der Waals surface area contributed by atoms with Crippen molar-refractivity contribution in [3.8, 4) is 5.75 Å². The summed E-state index contributed by atoms with van der Waals surface area (Å²) in [5.41, 5.74) is 3.61. The lowest BCUT2D eigenvalue weighted by Crippen LogP contribution is -2.49. The number of aryl methyl sites for hydroxylation is 1. The topological polar surface area (TPSA) is 36.0 Å². The summed E-state index contributed by atoms with van der Waals surface area (Å²) in [6.45, 7) is 6.85. The van der Waals surface area contributed by atoms with E-state index in [0.29, 0.717) is 13.1 Å². The van der Waals surface area contributed by atoms with Crippen LogP contribution in [-0.2, 0) is 11.3 Å². The fraction of sp³-hybridized carbons (Fsp3) is 0.409. The lowest BCUT2D eigenvalue weighted by molar-refractivity contribution is -0.131. The van der Waals surface area contributed by atoms with E-state index in [2.05, 4.69) is 41.0 Å². The Bertz CT molecular complexity index is 770. The van der Waals surface area contributed by atoms with E-state index in [0.717, 1.165) is 31.9 Å². The summed E-state index contributed by atoms with van der Waals surface area (Å²) in [7, 11) is 3.58. The normalized spacial score (nSPS) is 14.9. The summed E-state index contributed by atoms with van der Waals surface area (Å²) < 4.78 is 5.32. The van der Waals surface area contributed by atoms with E-state index in [4.69, 9.17) is 4.74 Å². The Morgan fingerprint density at radius 1 is 1.07 bits per heavy atom. The van der Waals surface area contributed by atoms with Crippen molar-refractivity contribution in [2.75, 3.05) is 51.8 Å². The molecule has 0 atom stereocenters. The molecule has 1 aliphatic rings. The Labute approximate surface area is 162 Å². The molecule has 0 bridgehead atoms.